The van der Waals surface area contributed by atoms with Crippen molar-refractivity contribution >= 4 is 0 Å². The first kappa shape index (κ1) is 39.5. The Bertz CT molecular complexity index is 998. The van der Waals surface area contributed by atoms with Gasteiger partial charge >= 0.3 is 54.4 Å². The van der Waals surface area contributed by atoms with Crippen LogP contribution in [0.2, 0.25) is 0 Å². The van der Waals surface area contributed by atoms with Gasteiger partial charge in [-0.15, -0.1) is 0 Å². The van der Waals surface area contributed by atoms with Crippen molar-refractivity contribution in [2.45, 2.75) is 91.9 Å². The van der Waals surface area contributed by atoms with E-state index in [0.29, 0.717) is 0 Å². The third kappa shape index (κ3) is 6.97. The van der Waals surface area contributed by atoms with Crippen LogP contribution in [0.15, 0.2) is 0 Å². The number of halogens is 22. The molecular weight excluding hydrogens is 710 g/mol. The Hall–Kier alpha value is -1.70. The van der Waals surface area contributed by atoms with E-state index in [9.17, 15) is 96.6 Å². The lowest BCUT2D eigenvalue weighted by atomic mass is 9.86. The summed E-state index contributed by atoms with van der Waals surface area (Å²) in [6, 6.07) is -4.73. The highest BCUT2D eigenvalue weighted by Gasteiger charge is 2.86. The van der Waals surface area contributed by atoms with E-state index in [1.54, 1.807) is 0 Å². The van der Waals surface area contributed by atoms with E-state index in [1.807, 2.05) is 0 Å². The fraction of sp³-hybridized carbons (Fsp3) is 1.00. The molecule has 0 radical (unpaired) electrons. The maximum absolute atomic E-state index is 14.7. The molecule has 2 rings (SSSR count). The maximum Gasteiger partial charge on any atom is 0.437 e. The van der Waals surface area contributed by atoms with E-state index in [2.05, 4.69) is 18.9 Å². The Kier molecular flexibility index (Phi) is 10.1. The van der Waals surface area contributed by atoms with Crippen LogP contribution in [0, 0.1) is 11.8 Å². The van der Waals surface area contributed by atoms with Gasteiger partial charge in [-0.1, -0.05) is 0 Å². The molecule has 45 heavy (non-hydrogen) atoms. The summed E-state index contributed by atoms with van der Waals surface area (Å²) < 4.78 is 308. The molecule has 0 aromatic carbocycles. The molecule has 0 amide bonds. The van der Waals surface area contributed by atoms with Gasteiger partial charge in [0.1, 0.15) is 12.0 Å². The molecule has 2 saturated heterocycles. The molecule has 0 aliphatic carbocycles. The zero-order chi connectivity index (χ0) is 35.7. The molecule has 0 spiro atoms. The number of ether oxygens (including phenoxy) is 4. The second-order valence-corrected chi connectivity index (χ2v) is 9.54. The van der Waals surface area contributed by atoms with Gasteiger partial charge in [0.2, 0.25) is 12.1 Å². The van der Waals surface area contributed by atoms with Crippen molar-refractivity contribution in [3.63, 3.8) is 0 Å². The van der Waals surface area contributed by atoms with Crippen LogP contribution in [0.25, 0.3) is 0 Å². The molecule has 0 bridgehead atoms. The second kappa shape index (κ2) is 11.5. The summed E-state index contributed by atoms with van der Waals surface area (Å²) >= 11 is 0. The molecular formula is C19H14F22O4. The maximum atomic E-state index is 14.7. The Balaban J connectivity index is 2.32. The van der Waals surface area contributed by atoms with Crippen molar-refractivity contribution in [2.75, 3.05) is 13.2 Å². The summed E-state index contributed by atoms with van der Waals surface area (Å²) in [6.07, 6.45) is -57.2. The van der Waals surface area contributed by atoms with Gasteiger partial charge in [-0.2, -0.15) is 83.4 Å². The summed E-state index contributed by atoms with van der Waals surface area (Å²) in [4.78, 5) is 0. The average Bonchev–Trinajstić information content (AvgIpc) is 3.33. The molecule has 0 saturated carbocycles. The topological polar surface area (TPSA) is 36.9 Å². The van der Waals surface area contributed by atoms with Crippen LogP contribution in [-0.2, 0) is 18.9 Å². The lowest BCUT2D eigenvalue weighted by molar-refractivity contribution is -0.440. The highest BCUT2D eigenvalue weighted by atomic mass is 19.4. The number of rotatable bonds is 8. The van der Waals surface area contributed by atoms with Crippen LogP contribution < -0.4 is 0 Å². The summed E-state index contributed by atoms with van der Waals surface area (Å²) in [5.74, 6) is -13.4. The Morgan fingerprint density at radius 1 is 0.556 bits per heavy atom. The average molecular weight is 724 g/mol. The molecule has 2 aliphatic rings. The van der Waals surface area contributed by atoms with Gasteiger partial charge in [0.05, 0.1) is 19.1 Å². The minimum atomic E-state index is -7.25. The van der Waals surface area contributed by atoms with Crippen molar-refractivity contribution < 1.29 is 116 Å². The molecule has 6 unspecified atom stereocenters. The third-order valence-electron chi connectivity index (χ3n) is 6.55. The number of hydrogen-bond acceptors (Lipinski definition) is 4. The second-order valence-electron chi connectivity index (χ2n) is 9.54. The first-order chi connectivity index (χ1) is 19.6. The fourth-order valence-electron chi connectivity index (χ4n) is 4.40. The van der Waals surface area contributed by atoms with Gasteiger partial charge < -0.3 is 18.9 Å². The van der Waals surface area contributed by atoms with Crippen molar-refractivity contribution in [1.82, 2.24) is 0 Å². The predicted octanol–water partition coefficient (Wildman–Crippen LogP) is 8.26. The lowest BCUT2D eigenvalue weighted by Gasteiger charge is -2.42. The lowest BCUT2D eigenvalue weighted by Crippen LogP contribution is -2.69. The molecule has 4 nitrogen and oxygen atoms in total. The summed E-state index contributed by atoms with van der Waals surface area (Å²) in [5.41, 5.74) is -13.8. The summed E-state index contributed by atoms with van der Waals surface area (Å²) in [6.45, 7) is -3.84. The van der Waals surface area contributed by atoms with E-state index in [-0.39, 0.29) is 0 Å². The van der Waals surface area contributed by atoms with E-state index in [0.717, 1.165) is 0 Å². The Labute approximate surface area is 233 Å². The van der Waals surface area contributed by atoms with Crippen LogP contribution in [0.5, 0.6) is 0 Å². The van der Waals surface area contributed by atoms with Crippen molar-refractivity contribution in [2.24, 2.45) is 11.8 Å². The summed E-state index contributed by atoms with van der Waals surface area (Å²) in [7, 11) is 0. The molecule has 6 atom stereocenters. The van der Waals surface area contributed by atoms with Crippen molar-refractivity contribution in [1.29, 1.82) is 0 Å². The first-order valence-corrected chi connectivity index (χ1v) is 11.4. The quantitative estimate of drug-likeness (QED) is 0.187. The highest BCUT2D eigenvalue weighted by molar-refractivity contribution is 5.11. The van der Waals surface area contributed by atoms with Gasteiger partial charge in [0, 0.05) is 12.8 Å². The van der Waals surface area contributed by atoms with E-state index in [4.69, 9.17) is 0 Å². The number of alkyl halides is 22. The largest absolute Gasteiger partial charge is 0.437 e. The van der Waals surface area contributed by atoms with Crippen LogP contribution in [-0.4, -0.2) is 85.9 Å². The molecule has 0 N–H and O–H groups in total. The van der Waals surface area contributed by atoms with Gasteiger partial charge in [0.15, 0.2) is 0 Å². The third-order valence-corrected chi connectivity index (χ3v) is 6.55. The van der Waals surface area contributed by atoms with Crippen LogP contribution in [0.1, 0.15) is 19.3 Å². The van der Waals surface area contributed by atoms with Crippen LogP contribution in [0.4, 0.5) is 96.6 Å². The SMILES string of the molecule is FC1OC(OCCCOC2(F)CC(C(F)(F)F)C(C(F)(C(F)(F)F)C(F)(F)F)O2)(C(F)(C(F)(F)F)C(F)(F)F)CC1C(F)(F)F. The standard InChI is InChI=1S/C19H14F22O4/c20-9-7(14(26,27)28)4-10(45-9,15(29,18(36,37)38)19(39,40)41)42-2-1-3-43-11(21)5-6(13(23,24)25)8(44-11)12(22,16(30,31)32)17(33,34)35/h6-9H,1-5H2. The van der Waals surface area contributed by atoms with Crippen molar-refractivity contribution in [3.05, 3.63) is 0 Å². The Morgan fingerprint density at radius 2 is 0.978 bits per heavy atom. The smallest absolute Gasteiger partial charge is 0.346 e. The van der Waals surface area contributed by atoms with Gasteiger partial charge in [-0.05, 0) is 6.42 Å². The van der Waals surface area contributed by atoms with E-state index >= 15 is 0 Å². The van der Waals surface area contributed by atoms with E-state index < -0.39 is 117 Å². The van der Waals surface area contributed by atoms with Gasteiger partial charge in [-0.25, -0.2) is 13.2 Å². The predicted molar refractivity (Wildman–Crippen MR) is 94.2 cm³/mol. The normalized spacial score (nSPS) is 31.6. The monoisotopic (exact) mass is 724 g/mol. The Morgan fingerprint density at radius 3 is 1.33 bits per heavy atom. The zero-order valence-electron chi connectivity index (χ0n) is 20.8. The molecule has 268 valence electrons. The van der Waals surface area contributed by atoms with Gasteiger partial charge in [0.25, 0.3) is 0 Å². The molecule has 2 aliphatic heterocycles. The molecule has 0 aromatic rings. The number of hydrogen-bond donors (Lipinski definition) is 0. The van der Waals surface area contributed by atoms with Crippen LogP contribution >= 0.6 is 0 Å². The molecule has 2 fully saturated rings. The molecule has 2 heterocycles. The minimum Gasteiger partial charge on any atom is -0.346 e. The summed E-state index contributed by atoms with van der Waals surface area (Å²) in [5, 5.41) is 0. The fourth-order valence-corrected chi connectivity index (χ4v) is 4.40. The van der Waals surface area contributed by atoms with Gasteiger partial charge in [-0.3, -0.25) is 0 Å². The first-order valence-electron chi connectivity index (χ1n) is 11.4. The van der Waals surface area contributed by atoms with E-state index in [1.165, 1.54) is 0 Å². The van der Waals surface area contributed by atoms with Crippen molar-refractivity contribution in [3.8, 4) is 0 Å². The molecule has 0 aromatic heterocycles. The minimum absolute atomic E-state index is 1.57. The van der Waals surface area contributed by atoms with Crippen LogP contribution in [0.3, 0.4) is 0 Å². The zero-order valence-corrected chi connectivity index (χ0v) is 20.8. The molecule has 26 heteroatoms. The highest BCUT2D eigenvalue weighted by Crippen LogP contribution is 2.61.